The van der Waals surface area contributed by atoms with E-state index < -0.39 is 23.4 Å². The summed E-state index contributed by atoms with van der Waals surface area (Å²) in [4.78, 5) is 11.6. The van der Waals surface area contributed by atoms with Crippen LogP contribution in [0.25, 0.3) is 0 Å². The molecule has 0 aromatic heterocycles. The van der Waals surface area contributed by atoms with Crippen LogP contribution in [0.2, 0.25) is 0 Å². The number of hydrogen-bond acceptors (Lipinski definition) is 3. The van der Waals surface area contributed by atoms with Gasteiger partial charge >= 0.3 is 6.09 Å². The van der Waals surface area contributed by atoms with Crippen molar-refractivity contribution in [2.45, 2.75) is 44.5 Å². The third-order valence-electron chi connectivity index (χ3n) is 3.13. The highest BCUT2D eigenvalue weighted by Gasteiger charge is 2.58. The Hall–Kier alpha value is -1.78. The van der Waals surface area contributed by atoms with E-state index in [9.17, 15) is 9.18 Å². The van der Waals surface area contributed by atoms with Crippen LogP contribution in [0.5, 0.6) is 5.75 Å². The molecule has 0 saturated heterocycles. The Kier molecular flexibility index (Phi) is 3.63. The Morgan fingerprint density at radius 3 is 2.75 bits per heavy atom. The maximum Gasteiger partial charge on any atom is 0.407 e. The summed E-state index contributed by atoms with van der Waals surface area (Å²) in [7, 11) is 1.54. The first-order chi connectivity index (χ1) is 9.24. The SMILES string of the molecule is COc1cccc([C@]2(F)C[C@H]2NC(=O)OC(C)(C)C)c1. The highest BCUT2D eigenvalue weighted by molar-refractivity contribution is 5.69. The zero-order chi connectivity index (χ0) is 15.0. The average Bonchev–Trinajstić information content (AvgIpc) is 2.99. The van der Waals surface area contributed by atoms with Gasteiger partial charge in [0.25, 0.3) is 0 Å². The molecular formula is C15H20FNO3. The molecule has 2 rings (SSSR count). The molecule has 0 heterocycles. The first kappa shape index (κ1) is 14.6. The third-order valence-corrected chi connectivity index (χ3v) is 3.13. The molecule has 20 heavy (non-hydrogen) atoms. The molecule has 1 fully saturated rings. The lowest BCUT2D eigenvalue weighted by Gasteiger charge is -2.20. The minimum absolute atomic E-state index is 0.249. The molecule has 0 unspecified atom stereocenters. The van der Waals surface area contributed by atoms with E-state index >= 15 is 0 Å². The minimum atomic E-state index is -1.54. The second-order valence-electron chi connectivity index (χ2n) is 6.00. The number of benzene rings is 1. The Bertz CT molecular complexity index is 512. The topological polar surface area (TPSA) is 47.6 Å². The van der Waals surface area contributed by atoms with Crippen molar-refractivity contribution < 1.29 is 18.7 Å². The molecule has 4 nitrogen and oxygen atoms in total. The number of halogens is 1. The van der Waals surface area contributed by atoms with Gasteiger partial charge < -0.3 is 14.8 Å². The summed E-state index contributed by atoms with van der Waals surface area (Å²) in [5.41, 5.74) is -1.61. The van der Waals surface area contributed by atoms with E-state index in [1.165, 1.54) is 7.11 Å². The van der Waals surface area contributed by atoms with Gasteiger partial charge in [-0.2, -0.15) is 0 Å². The van der Waals surface area contributed by atoms with Gasteiger partial charge in [-0.1, -0.05) is 12.1 Å². The van der Waals surface area contributed by atoms with E-state index in [1.807, 2.05) is 0 Å². The number of carbonyl (C=O) groups excluding carboxylic acids is 1. The van der Waals surface area contributed by atoms with Gasteiger partial charge in [-0.3, -0.25) is 0 Å². The molecule has 0 spiro atoms. The van der Waals surface area contributed by atoms with Crippen LogP contribution in [0.15, 0.2) is 24.3 Å². The van der Waals surface area contributed by atoms with Crippen LogP contribution >= 0.6 is 0 Å². The number of methoxy groups -OCH3 is 1. The van der Waals surface area contributed by atoms with E-state index in [1.54, 1.807) is 45.0 Å². The number of carbonyl (C=O) groups is 1. The van der Waals surface area contributed by atoms with E-state index in [-0.39, 0.29) is 6.42 Å². The van der Waals surface area contributed by atoms with Crippen molar-refractivity contribution in [1.82, 2.24) is 5.32 Å². The van der Waals surface area contributed by atoms with Gasteiger partial charge in [0, 0.05) is 6.42 Å². The Balaban J connectivity index is 2.00. The van der Waals surface area contributed by atoms with Gasteiger partial charge in [0.1, 0.15) is 11.4 Å². The minimum Gasteiger partial charge on any atom is -0.497 e. The zero-order valence-electron chi connectivity index (χ0n) is 12.2. The zero-order valence-corrected chi connectivity index (χ0v) is 12.2. The largest absolute Gasteiger partial charge is 0.497 e. The fraction of sp³-hybridized carbons (Fsp3) is 0.533. The number of alkyl halides is 1. The standard InChI is InChI=1S/C15H20FNO3/c1-14(2,3)20-13(18)17-12-9-15(12,16)10-6-5-7-11(8-10)19-4/h5-8,12H,9H2,1-4H3,(H,17,18)/t12-,15-/m1/s1. The van der Waals surface area contributed by atoms with Crippen molar-refractivity contribution in [2.24, 2.45) is 0 Å². The van der Waals surface area contributed by atoms with Crippen LogP contribution in [0.1, 0.15) is 32.8 Å². The highest BCUT2D eigenvalue weighted by atomic mass is 19.1. The summed E-state index contributed by atoms with van der Waals surface area (Å²) < 4.78 is 24.9. The summed E-state index contributed by atoms with van der Waals surface area (Å²) in [6, 6.07) is 6.28. The molecule has 0 aliphatic heterocycles. The molecule has 110 valence electrons. The van der Waals surface area contributed by atoms with Gasteiger partial charge in [-0.15, -0.1) is 0 Å². The van der Waals surface area contributed by atoms with Crippen LogP contribution < -0.4 is 10.1 Å². The molecule has 1 aromatic carbocycles. The molecule has 5 heteroatoms. The Morgan fingerprint density at radius 2 is 2.15 bits per heavy atom. The van der Waals surface area contributed by atoms with Gasteiger partial charge in [0.15, 0.2) is 5.67 Å². The van der Waals surface area contributed by atoms with Gasteiger partial charge in [0.2, 0.25) is 0 Å². The van der Waals surface area contributed by atoms with E-state index in [2.05, 4.69) is 5.32 Å². The number of ether oxygens (including phenoxy) is 2. The maximum absolute atomic E-state index is 14.7. The smallest absolute Gasteiger partial charge is 0.407 e. The number of rotatable bonds is 3. The predicted octanol–water partition coefficient (Wildman–Crippen LogP) is 3.16. The molecule has 1 aromatic rings. The lowest BCUT2D eigenvalue weighted by atomic mass is 10.1. The molecule has 1 aliphatic carbocycles. The first-order valence-corrected chi connectivity index (χ1v) is 6.57. The molecule has 2 atom stereocenters. The summed E-state index contributed by atoms with van der Waals surface area (Å²) >= 11 is 0. The van der Waals surface area contributed by atoms with Crippen LogP contribution in [0, 0.1) is 0 Å². The Morgan fingerprint density at radius 1 is 1.45 bits per heavy atom. The van der Waals surface area contributed by atoms with Crippen LogP contribution in [0.4, 0.5) is 9.18 Å². The molecular weight excluding hydrogens is 261 g/mol. The number of hydrogen-bond donors (Lipinski definition) is 1. The lowest BCUT2D eigenvalue weighted by Crippen LogP contribution is -2.35. The first-order valence-electron chi connectivity index (χ1n) is 6.57. The molecule has 1 amide bonds. The Labute approximate surface area is 118 Å². The summed E-state index contributed by atoms with van der Waals surface area (Å²) in [6.07, 6.45) is -0.343. The van der Waals surface area contributed by atoms with Crippen molar-refractivity contribution in [3.05, 3.63) is 29.8 Å². The van der Waals surface area contributed by atoms with Gasteiger partial charge in [0.05, 0.1) is 13.2 Å². The van der Waals surface area contributed by atoms with E-state index in [0.29, 0.717) is 11.3 Å². The van der Waals surface area contributed by atoms with Crippen molar-refractivity contribution in [3.63, 3.8) is 0 Å². The van der Waals surface area contributed by atoms with Crippen molar-refractivity contribution in [2.75, 3.05) is 7.11 Å². The predicted molar refractivity (Wildman–Crippen MR) is 73.6 cm³/mol. The van der Waals surface area contributed by atoms with E-state index in [4.69, 9.17) is 9.47 Å². The summed E-state index contributed by atoms with van der Waals surface area (Å²) in [5.74, 6) is 0.599. The number of nitrogens with one attached hydrogen (secondary N) is 1. The van der Waals surface area contributed by atoms with E-state index in [0.717, 1.165) is 0 Å². The van der Waals surface area contributed by atoms with Crippen LogP contribution in [0.3, 0.4) is 0 Å². The van der Waals surface area contributed by atoms with Crippen molar-refractivity contribution >= 4 is 6.09 Å². The normalized spacial score (nSPS) is 24.9. The molecule has 1 N–H and O–H groups in total. The number of alkyl carbamates (subject to hydrolysis) is 1. The summed E-state index contributed by atoms with van der Waals surface area (Å²) in [5, 5.41) is 2.56. The lowest BCUT2D eigenvalue weighted by molar-refractivity contribution is 0.0511. The van der Waals surface area contributed by atoms with Crippen LogP contribution in [-0.2, 0) is 10.4 Å². The monoisotopic (exact) mass is 281 g/mol. The molecule has 1 saturated carbocycles. The molecule has 1 aliphatic rings. The molecule has 0 bridgehead atoms. The number of amides is 1. The fourth-order valence-electron chi connectivity index (χ4n) is 2.05. The van der Waals surface area contributed by atoms with Crippen LogP contribution in [-0.4, -0.2) is 24.8 Å². The second-order valence-corrected chi connectivity index (χ2v) is 6.00. The van der Waals surface area contributed by atoms with Gasteiger partial charge in [-0.25, -0.2) is 9.18 Å². The van der Waals surface area contributed by atoms with Crippen molar-refractivity contribution in [3.8, 4) is 5.75 Å². The third kappa shape index (κ3) is 3.21. The average molecular weight is 281 g/mol. The fourth-order valence-corrected chi connectivity index (χ4v) is 2.05. The summed E-state index contributed by atoms with van der Waals surface area (Å²) in [6.45, 7) is 5.30. The molecule has 0 radical (unpaired) electrons. The quantitative estimate of drug-likeness (QED) is 0.925. The second kappa shape index (κ2) is 4.96. The van der Waals surface area contributed by atoms with Gasteiger partial charge in [-0.05, 0) is 38.5 Å². The maximum atomic E-state index is 14.7. The van der Waals surface area contributed by atoms with Crippen molar-refractivity contribution in [1.29, 1.82) is 0 Å². The highest BCUT2D eigenvalue weighted by Crippen LogP contribution is 2.50.